The largest absolute Gasteiger partial charge is 0.493 e. The molecule has 0 atom stereocenters. The highest BCUT2D eigenvalue weighted by molar-refractivity contribution is 5.86. The van der Waals surface area contributed by atoms with Gasteiger partial charge in [0.25, 0.3) is 0 Å². The Labute approximate surface area is 135 Å². The molecule has 120 valence electrons. The summed E-state index contributed by atoms with van der Waals surface area (Å²) in [7, 11) is 1.58. The average molecular weight is 312 g/mol. The first-order valence-corrected chi connectivity index (χ1v) is 7.40. The van der Waals surface area contributed by atoms with E-state index in [2.05, 4.69) is 10.5 Å². The van der Waals surface area contributed by atoms with Gasteiger partial charge >= 0.3 is 0 Å². The number of carbonyl (C=O) groups is 1. The van der Waals surface area contributed by atoms with Crippen molar-refractivity contribution in [3.8, 4) is 11.5 Å². The van der Waals surface area contributed by atoms with Crippen LogP contribution in [0.3, 0.4) is 0 Å². The molecule has 0 aliphatic rings. The normalized spacial score (nSPS) is 10.5. The Balaban J connectivity index is 2.01. The van der Waals surface area contributed by atoms with E-state index in [4.69, 9.17) is 9.47 Å². The van der Waals surface area contributed by atoms with Crippen molar-refractivity contribution in [2.45, 2.75) is 13.3 Å². The Kier molecular flexibility index (Phi) is 6.17. The Hall–Kier alpha value is -2.82. The number of hydrogen-bond acceptors (Lipinski definition) is 4. The van der Waals surface area contributed by atoms with Crippen molar-refractivity contribution in [2.24, 2.45) is 5.10 Å². The molecule has 0 unspecified atom stereocenters. The third-order valence-corrected chi connectivity index (χ3v) is 3.12. The number of hydrazone groups is 1. The van der Waals surface area contributed by atoms with Gasteiger partial charge in [-0.3, -0.25) is 4.79 Å². The number of nitrogens with zero attached hydrogens (tertiary/aromatic N) is 1. The summed E-state index contributed by atoms with van der Waals surface area (Å²) in [4.78, 5) is 11.9. The van der Waals surface area contributed by atoms with Gasteiger partial charge in [-0.15, -0.1) is 0 Å². The van der Waals surface area contributed by atoms with Gasteiger partial charge in [0.2, 0.25) is 5.91 Å². The summed E-state index contributed by atoms with van der Waals surface area (Å²) in [6.45, 7) is 2.41. The second-order valence-electron chi connectivity index (χ2n) is 4.77. The number of ether oxygens (including phenoxy) is 2. The summed E-state index contributed by atoms with van der Waals surface area (Å²) in [5.41, 5.74) is 4.20. The van der Waals surface area contributed by atoms with Gasteiger partial charge in [0.05, 0.1) is 26.4 Å². The van der Waals surface area contributed by atoms with Crippen LogP contribution in [0.1, 0.15) is 18.1 Å². The first-order valence-electron chi connectivity index (χ1n) is 7.40. The van der Waals surface area contributed by atoms with Crippen molar-refractivity contribution in [3.05, 3.63) is 59.7 Å². The molecule has 0 aromatic heterocycles. The zero-order valence-corrected chi connectivity index (χ0v) is 13.3. The highest BCUT2D eigenvalue weighted by atomic mass is 16.5. The summed E-state index contributed by atoms with van der Waals surface area (Å²) >= 11 is 0. The molecule has 0 aliphatic heterocycles. The number of para-hydroxylation sites is 1. The third-order valence-electron chi connectivity index (χ3n) is 3.12. The maximum Gasteiger partial charge on any atom is 0.244 e. The van der Waals surface area contributed by atoms with Crippen molar-refractivity contribution in [3.63, 3.8) is 0 Å². The molecule has 1 amide bonds. The van der Waals surface area contributed by atoms with Crippen molar-refractivity contribution < 1.29 is 14.3 Å². The van der Waals surface area contributed by atoms with E-state index in [0.29, 0.717) is 18.1 Å². The van der Waals surface area contributed by atoms with Gasteiger partial charge in [-0.25, -0.2) is 5.43 Å². The molecule has 0 heterocycles. The molecule has 2 aromatic rings. The average Bonchev–Trinajstić information content (AvgIpc) is 2.57. The maximum atomic E-state index is 11.9. The molecule has 0 radical (unpaired) electrons. The summed E-state index contributed by atoms with van der Waals surface area (Å²) < 4.78 is 10.9. The Bertz CT molecular complexity index is 669. The van der Waals surface area contributed by atoms with Crippen LogP contribution in [0.5, 0.6) is 11.5 Å². The van der Waals surface area contributed by atoms with Gasteiger partial charge in [0, 0.05) is 5.56 Å². The summed E-state index contributed by atoms with van der Waals surface area (Å²) in [5, 5.41) is 4.00. The minimum Gasteiger partial charge on any atom is -0.493 e. The molecule has 2 rings (SSSR count). The maximum absolute atomic E-state index is 11.9. The Morgan fingerprint density at radius 3 is 2.65 bits per heavy atom. The van der Waals surface area contributed by atoms with Crippen LogP contribution >= 0.6 is 0 Å². The lowest BCUT2D eigenvalue weighted by Gasteiger charge is -2.11. The molecule has 0 saturated heterocycles. The SMILES string of the molecule is CCOc1c(/C=N\NC(=O)Cc2ccccc2)cccc1OC. The summed E-state index contributed by atoms with van der Waals surface area (Å²) in [5.74, 6) is 1.07. The lowest BCUT2D eigenvalue weighted by Crippen LogP contribution is -2.19. The molecule has 0 fully saturated rings. The number of carbonyl (C=O) groups excluding carboxylic acids is 1. The van der Waals surface area contributed by atoms with E-state index >= 15 is 0 Å². The van der Waals surface area contributed by atoms with Crippen molar-refractivity contribution >= 4 is 12.1 Å². The fraction of sp³-hybridized carbons (Fsp3) is 0.222. The quantitative estimate of drug-likeness (QED) is 0.632. The Morgan fingerprint density at radius 1 is 1.17 bits per heavy atom. The molecule has 0 spiro atoms. The zero-order valence-electron chi connectivity index (χ0n) is 13.3. The highest BCUT2D eigenvalue weighted by Crippen LogP contribution is 2.29. The predicted octanol–water partition coefficient (Wildman–Crippen LogP) is 2.79. The third kappa shape index (κ3) is 4.85. The number of rotatable bonds is 7. The van der Waals surface area contributed by atoms with E-state index in [9.17, 15) is 4.79 Å². The second kappa shape index (κ2) is 8.58. The van der Waals surface area contributed by atoms with Crippen LogP contribution in [-0.2, 0) is 11.2 Å². The molecule has 2 aromatic carbocycles. The van der Waals surface area contributed by atoms with E-state index in [1.165, 1.54) is 0 Å². The molecule has 0 aliphatic carbocycles. The van der Waals surface area contributed by atoms with E-state index in [-0.39, 0.29) is 12.3 Å². The summed E-state index contributed by atoms with van der Waals surface area (Å²) in [6.07, 6.45) is 1.84. The van der Waals surface area contributed by atoms with Gasteiger partial charge in [0.1, 0.15) is 0 Å². The first kappa shape index (κ1) is 16.5. The molecule has 0 saturated carbocycles. The van der Waals surface area contributed by atoms with E-state index in [1.807, 2.05) is 55.5 Å². The van der Waals surface area contributed by atoms with Gasteiger partial charge in [-0.1, -0.05) is 36.4 Å². The number of amides is 1. The lowest BCUT2D eigenvalue weighted by atomic mass is 10.1. The standard InChI is InChI=1S/C18H20N2O3/c1-3-23-18-15(10-7-11-16(18)22-2)13-19-20-17(21)12-14-8-5-4-6-9-14/h4-11,13H,3,12H2,1-2H3,(H,20,21)/b19-13-. The molecule has 5 heteroatoms. The van der Waals surface area contributed by atoms with Gasteiger partial charge in [0.15, 0.2) is 11.5 Å². The van der Waals surface area contributed by atoms with Crippen LogP contribution in [0.2, 0.25) is 0 Å². The lowest BCUT2D eigenvalue weighted by molar-refractivity contribution is -0.120. The monoisotopic (exact) mass is 312 g/mol. The minimum absolute atomic E-state index is 0.173. The van der Waals surface area contributed by atoms with Crippen LogP contribution in [0.15, 0.2) is 53.6 Å². The minimum atomic E-state index is -0.173. The van der Waals surface area contributed by atoms with E-state index in [1.54, 1.807) is 13.3 Å². The van der Waals surface area contributed by atoms with Crippen LogP contribution in [0, 0.1) is 0 Å². The number of nitrogens with one attached hydrogen (secondary N) is 1. The van der Waals surface area contributed by atoms with Gasteiger partial charge in [-0.2, -0.15) is 5.10 Å². The molecule has 0 bridgehead atoms. The van der Waals surface area contributed by atoms with Crippen molar-refractivity contribution in [1.29, 1.82) is 0 Å². The number of benzene rings is 2. The van der Waals surface area contributed by atoms with E-state index < -0.39 is 0 Å². The van der Waals surface area contributed by atoms with Crippen LogP contribution in [0.25, 0.3) is 0 Å². The molecule has 23 heavy (non-hydrogen) atoms. The van der Waals surface area contributed by atoms with Gasteiger partial charge in [-0.05, 0) is 24.6 Å². The van der Waals surface area contributed by atoms with Crippen LogP contribution in [-0.4, -0.2) is 25.8 Å². The van der Waals surface area contributed by atoms with Gasteiger partial charge < -0.3 is 9.47 Å². The molecular formula is C18H20N2O3. The first-order chi connectivity index (χ1) is 11.2. The smallest absolute Gasteiger partial charge is 0.244 e. The predicted molar refractivity (Wildman–Crippen MR) is 90.0 cm³/mol. The molecule has 5 nitrogen and oxygen atoms in total. The molecular weight excluding hydrogens is 292 g/mol. The fourth-order valence-corrected chi connectivity index (χ4v) is 2.09. The second-order valence-corrected chi connectivity index (χ2v) is 4.77. The number of hydrogen-bond donors (Lipinski definition) is 1. The summed E-state index contributed by atoms with van der Waals surface area (Å²) in [6, 6.07) is 15.0. The van der Waals surface area contributed by atoms with Crippen molar-refractivity contribution in [2.75, 3.05) is 13.7 Å². The zero-order chi connectivity index (χ0) is 16.5. The Morgan fingerprint density at radius 2 is 1.96 bits per heavy atom. The molecule has 1 N–H and O–H groups in total. The van der Waals surface area contributed by atoms with E-state index in [0.717, 1.165) is 11.1 Å². The number of methoxy groups -OCH3 is 1. The topological polar surface area (TPSA) is 59.9 Å². The highest BCUT2D eigenvalue weighted by Gasteiger charge is 2.08. The van der Waals surface area contributed by atoms with Crippen LogP contribution < -0.4 is 14.9 Å². The van der Waals surface area contributed by atoms with Crippen LogP contribution in [0.4, 0.5) is 0 Å². The fourth-order valence-electron chi connectivity index (χ4n) is 2.09. The van der Waals surface area contributed by atoms with Crippen molar-refractivity contribution in [1.82, 2.24) is 5.43 Å².